The van der Waals surface area contributed by atoms with Gasteiger partial charge in [0, 0.05) is 0 Å². The van der Waals surface area contributed by atoms with Crippen LogP contribution in [0.3, 0.4) is 0 Å². The summed E-state index contributed by atoms with van der Waals surface area (Å²) in [6, 6.07) is -0.330. The lowest BCUT2D eigenvalue weighted by Crippen LogP contribution is -2.37. The number of carbonyl (C=O) groups is 1. The molecule has 0 aromatic heterocycles. The highest BCUT2D eigenvalue weighted by atomic mass is 16.4. The largest absolute Gasteiger partial charge is 0.480 e. The Kier molecular flexibility index (Phi) is 11.5. The van der Waals surface area contributed by atoms with Gasteiger partial charge in [0.1, 0.15) is 6.04 Å². The minimum Gasteiger partial charge on any atom is -0.480 e. The number of carboxylic acids is 1. The Balaban J connectivity index is 2.23. The molecule has 124 valence electrons. The predicted molar refractivity (Wildman–Crippen MR) is 88.7 cm³/mol. The Morgan fingerprint density at radius 3 is 1.48 bits per heavy atom. The Hall–Kier alpha value is -0.570. The summed E-state index contributed by atoms with van der Waals surface area (Å²) in [5.74, 6) is -0.676. The molecule has 1 rings (SSSR count). The van der Waals surface area contributed by atoms with E-state index in [1.165, 1.54) is 77.0 Å². The van der Waals surface area contributed by atoms with Gasteiger partial charge in [-0.3, -0.25) is 4.79 Å². The summed E-state index contributed by atoms with van der Waals surface area (Å²) in [7, 11) is 0. The van der Waals surface area contributed by atoms with Gasteiger partial charge in [-0.15, -0.1) is 0 Å². The fraction of sp³-hybridized carbons (Fsp3) is 0.944. The summed E-state index contributed by atoms with van der Waals surface area (Å²) in [6.45, 7) is 0.858. The number of carboxylic acid groups (broad SMARTS) is 1. The van der Waals surface area contributed by atoms with E-state index in [9.17, 15) is 9.90 Å². The summed E-state index contributed by atoms with van der Waals surface area (Å²) in [5.41, 5.74) is 0. The first-order chi connectivity index (χ1) is 10.3. The molecule has 1 saturated heterocycles. The summed E-state index contributed by atoms with van der Waals surface area (Å²) < 4.78 is 0. The van der Waals surface area contributed by atoms with Gasteiger partial charge in [-0.05, 0) is 19.4 Å². The van der Waals surface area contributed by atoms with Crippen LogP contribution in [0.15, 0.2) is 0 Å². The fourth-order valence-corrected chi connectivity index (χ4v) is 3.18. The molecule has 1 unspecified atom stereocenters. The quantitative estimate of drug-likeness (QED) is 0.724. The zero-order valence-electron chi connectivity index (χ0n) is 13.7. The van der Waals surface area contributed by atoms with E-state index >= 15 is 0 Å². The van der Waals surface area contributed by atoms with Gasteiger partial charge in [-0.2, -0.15) is 0 Å². The highest BCUT2D eigenvalue weighted by Crippen LogP contribution is 2.14. The van der Waals surface area contributed by atoms with Crippen LogP contribution in [0.1, 0.15) is 96.3 Å². The molecule has 0 aliphatic carbocycles. The van der Waals surface area contributed by atoms with E-state index in [0.717, 1.165) is 25.8 Å². The van der Waals surface area contributed by atoms with Crippen LogP contribution < -0.4 is 5.32 Å². The highest BCUT2D eigenvalue weighted by Gasteiger charge is 2.15. The third-order valence-corrected chi connectivity index (χ3v) is 4.61. The molecule has 0 saturated carbocycles. The van der Waals surface area contributed by atoms with Crippen molar-refractivity contribution in [2.75, 3.05) is 6.54 Å². The Morgan fingerprint density at radius 2 is 1.05 bits per heavy atom. The van der Waals surface area contributed by atoms with Crippen molar-refractivity contribution in [3.63, 3.8) is 0 Å². The topological polar surface area (TPSA) is 49.3 Å². The van der Waals surface area contributed by atoms with Crippen LogP contribution in [-0.4, -0.2) is 23.7 Å². The maximum Gasteiger partial charge on any atom is 0.320 e. The Bertz CT molecular complexity index is 238. The van der Waals surface area contributed by atoms with E-state index in [1.807, 2.05) is 0 Å². The Labute approximate surface area is 130 Å². The molecule has 1 fully saturated rings. The fourth-order valence-electron chi connectivity index (χ4n) is 3.18. The normalized spacial score (nSPS) is 25.6. The van der Waals surface area contributed by atoms with Crippen molar-refractivity contribution in [3.8, 4) is 0 Å². The molecule has 0 spiro atoms. The van der Waals surface area contributed by atoms with Crippen LogP contribution in [-0.2, 0) is 4.79 Å². The molecule has 3 heteroatoms. The molecular weight excluding hydrogens is 262 g/mol. The van der Waals surface area contributed by atoms with Crippen LogP contribution in [0.4, 0.5) is 0 Å². The maximum atomic E-state index is 11.2. The van der Waals surface area contributed by atoms with E-state index in [0.29, 0.717) is 0 Å². The second-order valence-electron chi connectivity index (χ2n) is 6.58. The number of aliphatic carboxylic acids is 1. The summed E-state index contributed by atoms with van der Waals surface area (Å²) in [5, 5.41) is 12.5. The number of rotatable bonds is 1. The molecule has 0 radical (unpaired) electrons. The van der Waals surface area contributed by atoms with Gasteiger partial charge in [0.25, 0.3) is 0 Å². The van der Waals surface area contributed by atoms with Gasteiger partial charge >= 0.3 is 5.97 Å². The molecule has 3 nitrogen and oxygen atoms in total. The first-order valence-corrected chi connectivity index (χ1v) is 9.27. The van der Waals surface area contributed by atoms with Gasteiger partial charge in [-0.25, -0.2) is 0 Å². The average Bonchev–Trinajstić information content (AvgIpc) is 2.47. The second-order valence-corrected chi connectivity index (χ2v) is 6.58. The van der Waals surface area contributed by atoms with Gasteiger partial charge in [0.15, 0.2) is 0 Å². The van der Waals surface area contributed by atoms with Crippen LogP contribution >= 0.6 is 0 Å². The SMILES string of the molecule is O=C(O)C1CCCCCCCCCCCCCCCCN1. The average molecular weight is 297 g/mol. The maximum absolute atomic E-state index is 11.2. The van der Waals surface area contributed by atoms with Gasteiger partial charge in [0.2, 0.25) is 0 Å². The van der Waals surface area contributed by atoms with Crippen molar-refractivity contribution in [2.45, 2.75) is 102 Å². The van der Waals surface area contributed by atoms with Crippen LogP contribution in [0, 0.1) is 0 Å². The molecule has 21 heavy (non-hydrogen) atoms. The summed E-state index contributed by atoms with van der Waals surface area (Å²) in [4.78, 5) is 11.2. The predicted octanol–water partition coefficient (Wildman–Crippen LogP) is 4.89. The molecule has 1 heterocycles. The molecule has 1 aliphatic heterocycles. The molecule has 2 N–H and O–H groups in total. The van der Waals surface area contributed by atoms with Gasteiger partial charge in [0.05, 0.1) is 0 Å². The zero-order chi connectivity index (χ0) is 15.2. The zero-order valence-corrected chi connectivity index (χ0v) is 13.7. The minimum absolute atomic E-state index is 0.330. The monoisotopic (exact) mass is 297 g/mol. The van der Waals surface area contributed by atoms with Crippen molar-refractivity contribution in [1.29, 1.82) is 0 Å². The van der Waals surface area contributed by atoms with Crippen LogP contribution in [0.25, 0.3) is 0 Å². The smallest absolute Gasteiger partial charge is 0.320 e. The van der Waals surface area contributed by atoms with Crippen molar-refractivity contribution in [3.05, 3.63) is 0 Å². The molecule has 0 aromatic carbocycles. The van der Waals surface area contributed by atoms with Crippen LogP contribution in [0.5, 0.6) is 0 Å². The third-order valence-electron chi connectivity index (χ3n) is 4.61. The number of nitrogens with one attached hydrogen (secondary N) is 1. The van der Waals surface area contributed by atoms with Crippen molar-refractivity contribution in [2.24, 2.45) is 0 Å². The van der Waals surface area contributed by atoms with E-state index < -0.39 is 5.97 Å². The third kappa shape index (κ3) is 10.8. The Morgan fingerprint density at radius 1 is 0.667 bits per heavy atom. The molecule has 0 amide bonds. The van der Waals surface area contributed by atoms with E-state index in [-0.39, 0.29) is 6.04 Å². The first kappa shape index (κ1) is 18.5. The molecule has 0 aromatic rings. The summed E-state index contributed by atoms with van der Waals surface area (Å²) >= 11 is 0. The highest BCUT2D eigenvalue weighted by molar-refractivity contribution is 5.73. The molecule has 0 bridgehead atoms. The standard InChI is InChI=1S/C18H35NO2/c20-18(21)17-15-13-11-9-7-5-3-1-2-4-6-8-10-12-14-16-19-17/h17,19H,1-16H2,(H,20,21). The van der Waals surface area contributed by atoms with E-state index in [2.05, 4.69) is 5.32 Å². The lowest BCUT2D eigenvalue weighted by atomic mass is 10.0. The number of hydrogen-bond donors (Lipinski definition) is 2. The second kappa shape index (κ2) is 13.1. The molecule has 1 aliphatic rings. The van der Waals surface area contributed by atoms with E-state index in [1.54, 1.807) is 0 Å². The van der Waals surface area contributed by atoms with Crippen LogP contribution in [0.2, 0.25) is 0 Å². The molecular formula is C18H35NO2. The lowest BCUT2D eigenvalue weighted by Gasteiger charge is -2.14. The molecule has 1 atom stereocenters. The number of hydrogen-bond acceptors (Lipinski definition) is 2. The summed E-state index contributed by atoms with van der Waals surface area (Å²) in [6.07, 6.45) is 19.0. The minimum atomic E-state index is -0.676. The van der Waals surface area contributed by atoms with Crippen molar-refractivity contribution < 1.29 is 9.90 Å². The van der Waals surface area contributed by atoms with Crippen molar-refractivity contribution in [1.82, 2.24) is 5.32 Å². The van der Waals surface area contributed by atoms with Crippen molar-refractivity contribution >= 4 is 5.97 Å². The van der Waals surface area contributed by atoms with Gasteiger partial charge < -0.3 is 10.4 Å². The first-order valence-electron chi connectivity index (χ1n) is 9.27. The van der Waals surface area contributed by atoms with Gasteiger partial charge in [-0.1, -0.05) is 83.5 Å². The lowest BCUT2D eigenvalue weighted by molar-refractivity contribution is -0.139. The van der Waals surface area contributed by atoms with E-state index in [4.69, 9.17) is 0 Å².